The van der Waals surface area contributed by atoms with E-state index in [1.54, 1.807) is 0 Å². The van der Waals surface area contributed by atoms with Crippen molar-refractivity contribution in [3.63, 3.8) is 0 Å². The largest absolute Gasteiger partial charge is 0.308 e. The van der Waals surface area contributed by atoms with Gasteiger partial charge in [-0.25, -0.2) is 0 Å². The van der Waals surface area contributed by atoms with E-state index in [1.807, 2.05) is 18.2 Å². The Kier molecular flexibility index (Phi) is 5.91. The van der Waals surface area contributed by atoms with Crippen molar-refractivity contribution < 1.29 is 0 Å². The molecule has 0 aromatic heterocycles. The minimum absolute atomic E-state index is 0.0955. The molecule has 0 aliphatic rings. The molecule has 0 saturated carbocycles. The molecule has 19 heavy (non-hydrogen) atoms. The van der Waals surface area contributed by atoms with Gasteiger partial charge in [0.1, 0.15) is 0 Å². The number of rotatable bonds is 4. The van der Waals surface area contributed by atoms with Crippen molar-refractivity contribution in [1.82, 2.24) is 5.32 Å². The summed E-state index contributed by atoms with van der Waals surface area (Å²) in [5, 5.41) is 4.90. The first-order valence-corrected chi connectivity index (χ1v) is 7.36. The zero-order chi connectivity index (χ0) is 14.6. The van der Waals surface area contributed by atoms with Crippen molar-refractivity contribution in [2.24, 2.45) is 5.92 Å². The quantitative estimate of drug-likeness (QED) is 0.782. The SMILES string of the molecule is CC(C)C(=Cc1c(Cl)cccc1Cl)CNC(C)(C)C. The molecule has 106 valence electrons. The third-order valence-electron chi connectivity index (χ3n) is 2.89. The second-order valence-corrected chi connectivity index (χ2v) is 6.93. The van der Waals surface area contributed by atoms with Crippen LogP contribution in [0, 0.1) is 5.92 Å². The highest BCUT2D eigenvalue weighted by molar-refractivity contribution is 6.37. The summed E-state index contributed by atoms with van der Waals surface area (Å²) in [5.41, 5.74) is 2.30. The predicted molar refractivity (Wildman–Crippen MR) is 87.0 cm³/mol. The predicted octanol–water partition coefficient (Wildman–Crippen LogP) is 5.42. The lowest BCUT2D eigenvalue weighted by Crippen LogP contribution is -2.37. The molecule has 0 atom stereocenters. The van der Waals surface area contributed by atoms with E-state index in [0.717, 1.165) is 12.1 Å². The van der Waals surface area contributed by atoms with Crippen molar-refractivity contribution >= 4 is 29.3 Å². The molecule has 0 heterocycles. The molecule has 0 unspecified atom stereocenters. The third-order valence-corrected chi connectivity index (χ3v) is 3.55. The van der Waals surface area contributed by atoms with Crippen LogP contribution in [0.15, 0.2) is 23.8 Å². The normalized spacial score (nSPS) is 13.2. The fourth-order valence-electron chi connectivity index (χ4n) is 1.62. The maximum Gasteiger partial charge on any atom is 0.0493 e. The Bertz CT molecular complexity index is 436. The number of benzene rings is 1. The highest BCUT2D eigenvalue weighted by Gasteiger charge is 2.12. The number of halogens is 2. The molecule has 0 amide bonds. The zero-order valence-corrected chi connectivity index (χ0v) is 13.9. The van der Waals surface area contributed by atoms with Crippen LogP contribution in [0.4, 0.5) is 0 Å². The fraction of sp³-hybridized carbons (Fsp3) is 0.500. The molecule has 0 bridgehead atoms. The smallest absolute Gasteiger partial charge is 0.0493 e. The van der Waals surface area contributed by atoms with Crippen LogP contribution in [0.2, 0.25) is 10.0 Å². The number of hydrogen-bond donors (Lipinski definition) is 1. The van der Waals surface area contributed by atoms with Crippen LogP contribution in [-0.2, 0) is 0 Å². The van der Waals surface area contributed by atoms with Gasteiger partial charge in [0.2, 0.25) is 0 Å². The van der Waals surface area contributed by atoms with Gasteiger partial charge >= 0.3 is 0 Å². The molecule has 1 aromatic carbocycles. The highest BCUT2D eigenvalue weighted by atomic mass is 35.5. The topological polar surface area (TPSA) is 12.0 Å². The lowest BCUT2D eigenvalue weighted by atomic mass is 9.98. The summed E-state index contributed by atoms with van der Waals surface area (Å²) in [4.78, 5) is 0. The van der Waals surface area contributed by atoms with Gasteiger partial charge in [-0.1, -0.05) is 54.8 Å². The van der Waals surface area contributed by atoms with Crippen molar-refractivity contribution in [2.45, 2.75) is 40.2 Å². The molecule has 0 aliphatic heterocycles. The van der Waals surface area contributed by atoms with Crippen LogP contribution in [0.3, 0.4) is 0 Å². The Labute approximate surface area is 127 Å². The van der Waals surface area contributed by atoms with Crippen LogP contribution >= 0.6 is 23.2 Å². The molecule has 0 spiro atoms. The molecule has 3 heteroatoms. The molecule has 1 N–H and O–H groups in total. The first-order chi connectivity index (χ1) is 8.70. The molecule has 0 saturated heterocycles. The lowest BCUT2D eigenvalue weighted by Gasteiger charge is -2.23. The van der Waals surface area contributed by atoms with Gasteiger partial charge in [0.25, 0.3) is 0 Å². The summed E-state index contributed by atoms with van der Waals surface area (Å²) in [6, 6.07) is 5.60. The fourth-order valence-corrected chi connectivity index (χ4v) is 2.13. The van der Waals surface area contributed by atoms with E-state index >= 15 is 0 Å². The van der Waals surface area contributed by atoms with Crippen LogP contribution < -0.4 is 5.32 Å². The number of hydrogen-bond acceptors (Lipinski definition) is 1. The maximum absolute atomic E-state index is 6.22. The van der Waals surface area contributed by atoms with Crippen molar-refractivity contribution in [3.05, 3.63) is 39.4 Å². The zero-order valence-electron chi connectivity index (χ0n) is 12.3. The molecule has 1 aromatic rings. The standard InChI is InChI=1S/C16H23Cl2N/c1-11(2)12(10-19-16(3,4)5)9-13-14(17)7-6-8-15(13)18/h6-9,11,19H,10H2,1-5H3. The Hall–Kier alpha value is -0.500. The molecule has 0 aliphatic carbocycles. The van der Waals surface area contributed by atoms with Gasteiger partial charge in [-0.05, 0) is 38.8 Å². The summed E-state index contributed by atoms with van der Waals surface area (Å²) in [6.07, 6.45) is 2.11. The van der Waals surface area contributed by atoms with E-state index in [9.17, 15) is 0 Å². The van der Waals surface area contributed by atoms with E-state index in [-0.39, 0.29) is 5.54 Å². The summed E-state index contributed by atoms with van der Waals surface area (Å²) < 4.78 is 0. The van der Waals surface area contributed by atoms with E-state index in [4.69, 9.17) is 23.2 Å². The number of nitrogens with one attached hydrogen (secondary N) is 1. The second kappa shape index (κ2) is 6.78. The van der Waals surface area contributed by atoms with E-state index in [0.29, 0.717) is 16.0 Å². The molecular formula is C16H23Cl2N. The van der Waals surface area contributed by atoms with Gasteiger partial charge in [0, 0.05) is 27.7 Å². The Morgan fingerprint density at radius 3 is 2.16 bits per heavy atom. The maximum atomic E-state index is 6.22. The third kappa shape index (κ3) is 5.56. The van der Waals surface area contributed by atoms with Gasteiger partial charge in [-0.2, -0.15) is 0 Å². The average Bonchev–Trinajstić information content (AvgIpc) is 2.25. The first kappa shape index (κ1) is 16.6. The lowest BCUT2D eigenvalue weighted by molar-refractivity contribution is 0.437. The van der Waals surface area contributed by atoms with Crippen molar-refractivity contribution in [3.8, 4) is 0 Å². The summed E-state index contributed by atoms with van der Waals surface area (Å²) in [6.45, 7) is 11.7. The van der Waals surface area contributed by atoms with Crippen LogP contribution in [0.25, 0.3) is 6.08 Å². The van der Waals surface area contributed by atoms with Crippen molar-refractivity contribution in [1.29, 1.82) is 0 Å². The Morgan fingerprint density at radius 1 is 1.21 bits per heavy atom. The Morgan fingerprint density at radius 2 is 1.74 bits per heavy atom. The van der Waals surface area contributed by atoms with E-state index in [1.165, 1.54) is 5.57 Å². The molecule has 0 fully saturated rings. The van der Waals surface area contributed by atoms with Crippen molar-refractivity contribution in [2.75, 3.05) is 6.54 Å². The van der Waals surface area contributed by atoms with Gasteiger partial charge in [0.15, 0.2) is 0 Å². The van der Waals surface area contributed by atoms with E-state index < -0.39 is 0 Å². The van der Waals surface area contributed by atoms with Gasteiger partial charge in [-0.15, -0.1) is 0 Å². The average molecular weight is 300 g/mol. The van der Waals surface area contributed by atoms with Gasteiger partial charge in [0.05, 0.1) is 0 Å². The van der Waals surface area contributed by atoms with E-state index in [2.05, 4.69) is 46.0 Å². The van der Waals surface area contributed by atoms with Crippen LogP contribution in [0.1, 0.15) is 40.2 Å². The molecule has 1 nitrogen and oxygen atoms in total. The molecule has 1 rings (SSSR count). The molecule has 0 radical (unpaired) electrons. The minimum Gasteiger partial charge on any atom is -0.308 e. The van der Waals surface area contributed by atoms with Crippen LogP contribution in [-0.4, -0.2) is 12.1 Å². The summed E-state index contributed by atoms with van der Waals surface area (Å²) in [5.74, 6) is 0.446. The first-order valence-electron chi connectivity index (χ1n) is 6.60. The molecular weight excluding hydrogens is 277 g/mol. The van der Waals surface area contributed by atoms with Gasteiger partial charge in [-0.3, -0.25) is 0 Å². The summed E-state index contributed by atoms with van der Waals surface area (Å²) in [7, 11) is 0. The second-order valence-electron chi connectivity index (χ2n) is 6.11. The van der Waals surface area contributed by atoms with Gasteiger partial charge < -0.3 is 5.32 Å². The minimum atomic E-state index is 0.0955. The van der Waals surface area contributed by atoms with Crippen LogP contribution in [0.5, 0.6) is 0 Å². The summed E-state index contributed by atoms with van der Waals surface area (Å²) >= 11 is 12.4. The highest BCUT2D eigenvalue weighted by Crippen LogP contribution is 2.28. The monoisotopic (exact) mass is 299 g/mol. The Balaban J connectivity index is 3.02.